The number of hydrogen-bond donors (Lipinski definition) is 0. The fraction of sp³-hybridized carbons (Fsp3) is 1.00. The van der Waals surface area contributed by atoms with Crippen LogP contribution in [0.5, 0.6) is 0 Å². The number of nitrogens with zero attached hydrogens (tertiary/aromatic N) is 1. The Morgan fingerprint density at radius 1 is 1.23 bits per heavy atom. The van der Waals surface area contributed by atoms with E-state index in [9.17, 15) is 0 Å². The van der Waals surface area contributed by atoms with Crippen LogP contribution in [-0.4, -0.2) is 24.0 Å². The van der Waals surface area contributed by atoms with Crippen molar-refractivity contribution in [2.75, 3.05) is 13.6 Å². The van der Waals surface area contributed by atoms with E-state index in [1.807, 2.05) is 0 Å². The lowest BCUT2D eigenvalue weighted by Gasteiger charge is -2.40. The molecule has 1 rings (SSSR count). The summed E-state index contributed by atoms with van der Waals surface area (Å²) in [5, 5.41) is 0. The molecule has 0 saturated carbocycles. The highest BCUT2D eigenvalue weighted by Crippen LogP contribution is 2.40. The second kappa shape index (κ2) is 4.45. The predicted molar refractivity (Wildman–Crippen MR) is 59.0 cm³/mol. The summed E-state index contributed by atoms with van der Waals surface area (Å²) in [7, 11) is 2.31. The van der Waals surface area contributed by atoms with E-state index in [1.165, 1.54) is 38.6 Å². The van der Waals surface area contributed by atoms with E-state index in [1.54, 1.807) is 0 Å². The van der Waals surface area contributed by atoms with E-state index in [2.05, 4.69) is 32.7 Å². The van der Waals surface area contributed by atoms with Gasteiger partial charge in [0, 0.05) is 5.54 Å². The summed E-state index contributed by atoms with van der Waals surface area (Å²) in [6.07, 6.45) is 6.83. The van der Waals surface area contributed by atoms with Crippen molar-refractivity contribution >= 4 is 0 Å². The van der Waals surface area contributed by atoms with Crippen molar-refractivity contribution in [2.45, 2.75) is 58.4 Å². The molecule has 1 unspecified atom stereocenters. The van der Waals surface area contributed by atoms with E-state index < -0.39 is 0 Å². The summed E-state index contributed by atoms with van der Waals surface area (Å²) >= 11 is 0. The Hall–Kier alpha value is -0.0400. The van der Waals surface area contributed by atoms with Gasteiger partial charge in [0.25, 0.3) is 0 Å². The highest BCUT2D eigenvalue weighted by Gasteiger charge is 2.42. The minimum Gasteiger partial charge on any atom is -0.300 e. The van der Waals surface area contributed by atoms with E-state index in [-0.39, 0.29) is 0 Å². The zero-order chi connectivity index (χ0) is 9.90. The predicted octanol–water partition coefficient (Wildman–Crippen LogP) is 3.30. The van der Waals surface area contributed by atoms with Gasteiger partial charge in [0.05, 0.1) is 0 Å². The van der Waals surface area contributed by atoms with Gasteiger partial charge in [-0.1, -0.05) is 33.6 Å². The molecule has 0 bridgehead atoms. The quantitative estimate of drug-likeness (QED) is 0.646. The van der Waals surface area contributed by atoms with Crippen LogP contribution in [0, 0.1) is 5.92 Å². The highest BCUT2D eigenvalue weighted by molar-refractivity contribution is 4.98. The lowest BCUT2D eigenvalue weighted by atomic mass is 9.79. The van der Waals surface area contributed by atoms with E-state index in [4.69, 9.17) is 0 Å². The normalized spacial score (nSPS) is 28.2. The fourth-order valence-electron chi connectivity index (χ4n) is 3.12. The van der Waals surface area contributed by atoms with Crippen LogP contribution in [0.3, 0.4) is 0 Å². The molecular formula is C12H25N. The fourth-order valence-corrected chi connectivity index (χ4v) is 3.12. The SMILES string of the molecule is CCCC1(CCC)C(C)CCN1C. The second-order valence-electron chi connectivity index (χ2n) is 4.71. The van der Waals surface area contributed by atoms with Crippen LogP contribution in [0.2, 0.25) is 0 Å². The molecule has 1 heterocycles. The molecule has 0 radical (unpaired) electrons. The zero-order valence-electron chi connectivity index (χ0n) is 9.77. The van der Waals surface area contributed by atoms with Crippen LogP contribution in [0.4, 0.5) is 0 Å². The van der Waals surface area contributed by atoms with Crippen LogP contribution >= 0.6 is 0 Å². The monoisotopic (exact) mass is 183 g/mol. The van der Waals surface area contributed by atoms with Gasteiger partial charge in [0.2, 0.25) is 0 Å². The van der Waals surface area contributed by atoms with Crippen molar-refractivity contribution in [3.63, 3.8) is 0 Å². The first-order valence-electron chi connectivity index (χ1n) is 5.88. The highest BCUT2D eigenvalue weighted by atomic mass is 15.2. The maximum atomic E-state index is 2.62. The van der Waals surface area contributed by atoms with E-state index in [0.717, 1.165) is 5.92 Å². The number of likely N-dealkylation sites (tertiary alicyclic amines) is 1. The molecule has 1 nitrogen and oxygen atoms in total. The van der Waals surface area contributed by atoms with Crippen LogP contribution in [0.25, 0.3) is 0 Å². The Morgan fingerprint density at radius 3 is 2.08 bits per heavy atom. The smallest absolute Gasteiger partial charge is 0.0232 e. The molecule has 0 aromatic heterocycles. The molecular weight excluding hydrogens is 158 g/mol. The van der Waals surface area contributed by atoms with Crippen LogP contribution in [-0.2, 0) is 0 Å². The summed E-state index contributed by atoms with van der Waals surface area (Å²) in [6.45, 7) is 8.38. The molecule has 0 amide bonds. The largest absolute Gasteiger partial charge is 0.300 e. The third-order valence-corrected chi connectivity index (χ3v) is 3.94. The van der Waals surface area contributed by atoms with Crippen molar-refractivity contribution in [3.05, 3.63) is 0 Å². The average molecular weight is 183 g/mol. The molecule has 0 aliphatic carbocycles. The Morgan fingerprint density at radius 2 is 1.77 bits per heavy atom. The Bertz CT molecular complexity index is 135. The van der Waals surface area contributed by atoms with Crippen molar-refractivity contribution in [1.29, 1.82) is 0 Å². The Balaban J connectivity index is 2.73. The van der Waals surface area contributed by atoms with Crippen molar-refractivity contribution < 1.29 is 0 Å². The topological polar surface area (TPSA) is 3.24 Å². The molecule has 0 spiro atoms. The lowest BCUT2D eigenvalue weighted by Crippen LogP contribution is -2.44. The van der Waals surface area contributed by atoms with Crippen LogP contribution in [0.1, 0.15) is 52.9 Å². The van der Waals surface area contributed by atoms with Gasteiger partial charge in [0.15, 0.2) is 0 Å². The van der Waals surface area contributed by atoms with Gasteiger partial charge in [-0.25, -0.2) is 0 Å². The molecule has 78 valence electrons. The Labute approximate surface area is 83.5 Å². The third-order valence-electron chi connectivity index (χ3n) is 3.94. The van der Waals surface area contributed by atoms with Gasteiger partial charge in [0.1, 0.15) is 0 Å². The standard InChI is InChI=1S/C12H25N/c1-5-8-12(9-6-2)11(3)7-10-13(12)4/h11H,5-10H2,1-4H3. The molecule has 1 atom stereocenters. The molecule has 13 heavy (non-hydrogen) atoms. The molecule has 1 heteroatoms. The van der Waals surface area contributed by atoms with E-state index >= 15 is 0 Å². The van der Waals surface area contributed by atoms with Crippen molar-refractivity contribution in [1.82, 2.24) is 4.90 Å². The molecule has 0 N–H and O–H groups in total. The van der Waals surface area contributed by atoms with Crippen molar-refractivity contribution in [3.8, 4) is 0 Å². The molecule has 1 saturated heterocycles. The second-order valence-corrected chi connectivity index (χ2v) is 4.71. The maximum Gasteiger partial charge on any atom is 0.0232 e. The van der Waals surface area contributed by atoms with E-state index in [0.29, 0.717) is 5.54 Å². The minimum absolute atomic E-state index is 0.545. The summed E-state index contributed by atoms with van der Waals surface area (Å²) < 4.78 is 0. The van der Waals surface area contributed by atoms with Crippen molar-refractivity contribution in [2.24, 2.45) is 5.92 Å². The Kier molecular flexibility index (Phi) is 3.78. The first-order valence-corrected chi connectivity index (χ1v) is 5.88. The molecule has 0 aromatic carbocycles. The van der Waals surface area contributed by atoms with Gasteiger partial charge in [-0.2, -0.15) is 0 Å². The van der Waals surface area contributed by atoms with Gasteiger partial charge in [-0.15, -0.1) is 0 Å². The first kappa shape index (κ1) is 11.0. The first-order chi connectivity index (χ1) is 6.17. The lowest BCUT2D eigenvalue weighted by molar-refractivity contribution is 0.109. The van der Waals surface area contributed by atoms with Gasteiger partial charge >= 0.3 is 0 Å². The van der Waals surface area contributed by atoms with Gasteiger partial charge in [-0.05, 0) is 38.8 Å². The molecule has 0 aromatic rings. The van der Waals surface area contributed by atoms with Gasteiger partial charge < -0.3 is 4.90 Å². The number of hydrogen-bond acceptors (Lipinski definition) is 1. The summed E-state index contributed by atoms with van der Waals surface area (Å²) in [6, 6.07) is 0. The van der Waals surface area contributed by atoms with Gasteiger partial charge in [-0.3, -0.25) is 0 Å². The summed E-state index contributed by atoms with van der Waals surface area (Å²) in [5.74, 6) is 0.900. The molecule has 1 aliphatic heterocycles. The van der Waals surface area contributed by atoms with Crippen LogP contribution in [0.15, 0.2) is 0 Å². The zero-order valence-corrected chi connectivity index (χ0v) is 9.77. The summed E-state index contributed by atoms with van der Waals surface area (Å²) in [4.78, 5) is 2.62. The number of rotatable bonds is 4. The minimum atomic E-state index is 0.545. The third kappa shape index (κ3) is 1.90. The summed E-state index contributed by atoms with van der Waals surface area (Å²) in [5.41, 5.74) is 0.545. The molecule has 1 aliphatic rings. The molecule has 1 fully saturated rings. The maximum absolute atomic E-state index is 2.62. The average Bonchev–Trinajstić information content (AvgIpc) is 2.35. The van der Waals surface area contributed by atoms with Crippen LogP contribution < -0.4 is 0 Å².